The molecule has 0 radical (unpaired) electrons. The van der Waals surface area contributed by atoms with E-state index in [-0.39, 0.29) is 12.2 Å². The molecule has 11 heteroatoms. The Hall–Kier alpha value is -2.82. The molecule has 1 aromatic carbocycles. The van der Waals surface area contributed by atoms with Crippen molar-refractivity contribution >= 4 is 44.4 Å². The first kappa shape index (κ1) is 24.2. The zero-order valence-corrected chi connectivity index (χ0v) is 22.9. The van der Waals surface area contributed by atoms with Crippen LogP contribution in [-0.4, -0.2) is 57.5 Å². The molecule has 198 valence electrons. The molecule has 2 aliphatic carbocycles. The largest absolute Gasteiger partial charge is 0.367 e. The molecule has 3 aliphatic rings. The van der Waals surface area contributed by atoms with E-state index in [0.29, 0.717) is 47.0 Å². The van der Waals surface area contributed by atoms with Gasteiger partial charge in [0.2, 0.25) is 5.95 Å². The predicted molar refractivity (Wildman–Crippen MR) is 148 cm³/mol. The van der Waals surface area contributed by atoms with Gasteiger partial charge in [-0.3, -0.25) is 4.68 Å². The van der Waals surface area contributed by atoms with Crippen LogP contribution in [0.25, 0.3) is 21.6 Å². The summed E-state index contributed by atoms with van der Waals surface area (Å²) < 4.78 is 24.3. The van der Waals surface area contributed by atoms with Gasteiger partial charge >= 0.3 is 0 Å². The third-order valence-corrected chi connectivity index (χ3v) is 8.83. The van der Waals surface area contributed by atoms with Crippen LogP contribution in [0.1, 0.15) is 50.3 Å². The second-order valence-electron chi connectivity index (χ2n) is 10.8. The van der Waals surface area contributed by atoms with Gasteiger partial charge in [-0.05, 0) is 56.7 Å². The van der Waals surface area contributed by atoms with E-state index < -0.39 is 5.82 Å². The highest BCUT2D eigenvalue weighted by Gasteiger charge is 2.32. The Labute approximate surface area is 229 Å². The van der Waals surface area contributed by atoms with E-state index in [9.17, 15) is 0 Å². The zero-order chi connectivity index (χ0) is 26.0. The third kappa shape index (κ3) is 4.74. The fourth-order valence-electron chi connectivity index (χ4n) is 5.09. The van der Waals surface area contributed by atoms with Crippen molar-refractivity contribution in [3.8, 4) is 11.3 Å². The second kappa shape index (κ2) is 9.43. The summed E-state index contributed by atoms with van der Waals surface area (Å²) in [5.41, 5.74) is 2.57. The number of fused-ring (bicyclic) bond motifs is 1. The van der Waals surface area contributed by atoms with Crippen molar-refractivity contribution in [2.75, 3.05) is 36.5 Å². The maximum Gasteiger partial charge on any atom is 0.228 e. The number of thiazole rings is 1. The quantitative estimate of drug-likeness (QED) is 0.282. The Bertz CT molecular complexity index is 1500. The maximum atomic E-state index is 15.2. The van der Waals surface area contributed by atoms with Crippen LogP contribution in [0.4, 0.5) is 15.5 Å². The van der Waals surface area contributed by atoms with Gasteiger partial charge in [0, 0.05) is 42.5 Å². The minimum Gasteiger partial charge on any atom is -0.367 e. The lowest BCUT2D eigenvalue weighted by Crippen LogP contribution is -2.43. The van der Waals surface area contributed by atoms with Crippen LogP contribution < -0.4 is 9.80 Å². The molecule has 4 heterocycles. The van der Waals surface area contributed by atoms with Gasteiger partial charge in [-0.15, -0.1) is 0 Å². The van der Waals surface area contributed by atoms with Gasteiger partial charge in [-0.1, -0.05) is 22.9 Å². The summed E-state index contributed by atoms with van der Waals surface area (Å²) in [5.74, 6) is 0.835. The summed E-state index contributed by atoms with van der Waals surface area (Å²) in [6.45, 7) is 4.21. The number of anilines is 2. The number of hydrogen-bond donors (Lipinski definition) is 0. The summed E-state index contributed by atoms with van der Waals surface area (Å²) in [4.78, 5) is 19.0. The van der Waals surface area contributed by atoms with Crippen LogP contribution in [-0.2, 0) is 4.74 Å². The van der Waals surface area contributed by atoms with Crippen LogP contribution in [0.15, 0.2) is 30.6 Å². The number of ether oxygens (including phenoxy) is 1. The van der Waals surface area contributed by atoms with Crippen molar-refractivity contribution in [1.29, 1.82) is 0 Å². The van der Waals surface area contributed by atoms with Gasteiger partial charge in [0.25, 0.3) is 0 Å². The molecule has 0 N–H and O–H groups in total. The number of aromatic nitrogens is 5. The van der Waals surface area contributed by atoms with Gasteiger partial charge < -0.3 is 14.5 Å². The average Bonchev–Trinajstić information content (AvgIpc) is 3.81. The molecule has 2 unspecified atom stereocenters. The first-order chi connectivity index (χ1) is 18.4. The number of rotatable bonds is 7. The van der Waals surface area contributed by atoms with E-state index in [1.807, 2.05) is 10.9 Å². The molecule has 3 fully saturated rings. The Morgan fingerprint density at radius 2 is 2.00 bits per heavy atom. The molecule has 7 rings (SSSR count). The van der Waals surface area contributed by atoms with Gasteiger partial charge in [-0.25, -0.2) is 9.37 Å². The first-order valence-electron chi connectivity index (χ1n) is 13.2. The van der Waals surface area contributed by atoms with Gasteiger partial charge in [0.1, 0.15) is 16.6 Å². The molecular weight excluding hydrogens is 525 g/mol. The van der Waals surface area contributed by atoms with E-state index >= 15 is 4.39 Å². The number of morpholine rings is 1. The molecule has 1 aliphatic heterocycles. The summed E-state index contributed by atoms with van der Waals surface area (Å²) in [7, 11) is 2.06. The van der Waals surface area contributed by atoms with E-state index in [2.05, 4.69) is 35.1 Å². The molecule has 0 spiro atoms. The van der Waals surface area contributed by atoms with Gasteiger partial charge in [-0.2, -0.15) is 15.1 Å². The van der Waals surface area contributed by atoms with Crippen LogP contribution in [0.5, 0.6) is 0 Å². The van der Waals surface area contributed by atoms with E-state index in [1.54, 1.807) is 12.1 Å². The van der Waals surface area contributed by atoms with Crippen molar-refractivity contribution < 1.29 is 9.13 Å². The Balaban J connectivity index is 1.28. The monoisotopic (exact) mass is 553 g/mol. The summed E-state index contributed by atoms with van der Waals surface area (Å²) in [5, 5.41) is 5.77. The molecule has 2 saturated carbocycles. The Morgan fingerprint density at radius 1 is 1.16 bits per heavy atom. The number of benzene rings is 1. The lowest BCUT2D eigenvalue weighted by Gasteiger charge is -2.36. The fraction of sp³-hybridized carbons (Fsp3) is 0.481. The van der Waals surface area contributed by atoms with E-state index in [0.717, 1.165) is 27.9 Å². The van der Waals surface area contributed by atoms with Crippen LogP contribution >= 0.6 is 22.9 Å². The highest BCUT2D eigenvalue weighted by molar-refractivity contribution is 7.22. The topological polar surface area (TPSA) is 72.2 Å². The highest BCUT2D eigenvalue weighted by Crippen LogP contribution is 2.40. The van der Waals surface area contributed by atoms with E-state index in [4.69, 9.17) is 31.3 Å². The molecule has 8 nitrogen and oxygen atoms in total. The van der Waals surface area contributed by atoms with Crippen LogP contribution in [0.3, 0.4) is 0 Å². The molecule has 0 bridgehead atoms. The normalized spacial score (nSPS) is 21.8. The molecule has 2 atom stereocenters. The SMILES string of the molecule is CC1CN(c2nc(-c3ccc(Cl)cc3F)c3sc(N(C)CC4CC4)nc3n2)CC(c2cnn(C3CC3)c2)O1. The van der Waals surface area contributed by atoms with Crippen molar-refractivity contribution in [1.82, 2.24) is 24.7 Å². The minimum atomic E-state index is -0.412. The van der Waals surface area contributed by atoms with Crippen molar-refractivity contribution in [3.63, 3.8) is 0 Å². The average molecular weight is 554 g/mol. The molecule has 1 saturated heterocycles. The Morgan fingerprint density at radius 3 is 2.76 bits per heavy atom. The van der Waals surface area contributed by atoms with Gasteiger partial charge in [0.15, 0.2) is 10.8 Å². The second-order valence-corrected chi connectivity index (χ2v) is 12.2. The van der Waals surface area contributed by atoms with Crippen molar-refractivity contribution in [2.24, 2.45) is 5.92 Å². The molecule has 38 heavy (non-hydrogen) atoms. The van der Waals surface area contributed by atoms with Crippen molar-refractivity contribution in [3.05, 3.63) is 47.0 Å². The first-order valence-corrected chi connectivity index (χ1v) is 14.4. The zero-order valence-electron chi connectivity index (χ0n) is 21.3. The lowest BCUT2D eigenvalue weighted by molar-refractivity contribution is -0.0178. The minimum absolute atomic E-state index is 0.0382. The van der Waals surface area contributed by atoms with Crippen LogP contribution in [0, 0.1) is 11.7 Å². The third-order valence-electron chi connectivity index (χ3n) is 7.43. The van der Waals surface area contributed by atoms with Gasteiger partial charge in [0.05, 0.1) is 30.6 Å². The molecule has 4 aromatic rings. The summed E-state index contributed by atoms with van der Waals surface area (Å²) in [6.07, 6.45) is 8.68. The van der Waals surface area contributed by atoms with Crippen LogP contribution in [0.2, 0.25) is 5.02 Å². The standard InChI is InChI=1S/C27H29ClFN7OS/c1-15-11-35(14-22(37-15)17-10-30-36(13-17)19-6-7-19)26-31-23(20-8-5-18(28)9-21(20)29)24-25(32-26)33-27(38-24)34(2)12-16-3-4-16/h5,8-10,13,15-16,19,22H,3-4,6-7,11-12,14H2,1-2H3. The summed E-state index contributed by atoms with van der Waals surface area (Å²) in [6, 6.07) is 5.23. The number of nitrogens with zero attached hydrogens (tertiary/aromatic N) is 7. The number of hydrogen-bond acceptors (Lipinski definition) is 8. The molecule has 0 amide bonds. The predicted octanol–water partition coefficient (Wildman–Crippen LogP) is 5.89. The summed E-state index contributed by atoms with van der Waals surface area (Å²) >= 11 is 7.58. The number of halogens is 2. The molecule has 3 aromatic heterocycles. The Kier molecular flexibility index (Phi) is 6.01. The van der Waals surface area contributed by atoms with Crippen molar-refractivity contribution in [2.45, 2.75) is 50.9 Å². The molecular formula is C27H29ClFN7OS. The highest BCUT2D eigenvalue weighted by atomic mass is 35.5. The smallest absolute Gasteiger partial charge is 0.228 e. The lowest BCUT2D eigenvalue weighted by atomic mass is 10.1. The maximum absolute atomic E-state index is 15.2. The van der Waals surface area contributed by atoms with E-state index in [1.165, 1.54) is 43.1 Å². The fourth-order valence-corrected chi connectivity index (χ4v) is 6.23.